The van der Waals surface area contributed by atoms with E-state index in [1.54, 1.807) is 12.1 Å². The van der Waals surface area contributed by atoms with Crippen LogP contribution < -0.4 is 10.2 Å². The number of nitrogens with one attached hydrogen (secondary N) is 1. The second-order valence-electron chi connectivity index (χ2n) is 9.49. The molecule has 0 aromatic heterocycles. The second-order valence-corrected chi connectivity index (χ2v) is 9.49. The van der Waals surface area contributed by atoms with Gasteiger partial charge in [0.05, 0.1) is 0 Å². The fourth-order valence-corrected chi connectivity index (χ4v) is 5.23. The zero-order chi connectivity index (χ0) is 23.1. The van der Waals surface area contributed by atoms with Crippen LogP contribution in [0.25, 0.3) is 0 Å². The summed E-state index contributed by atoms with van der Waals surface area (Å²) in [6.45, 7) is 3.43. The van der Waals surface area contributed by atoms with Gasteiger partial charge in [0.2, 0.25) is 11.8 Å². The van der Waals surface area contributed by atoms with Gasteiger partial charge in [0.25, 0.3) is 0 Å². The van der Waals surface area contributed by atoms with Crippen molar-refractivity contribution >= 4 is 17.5 Å². The van der Waals surface area contributed by atoms with E-state index in [9.17, 15) is 14.0 Å². The van der Waals surface area contributed by atoms with E-state index in [0.717, 1.165) is 50.9 Å². The topological polar surface area (TPSA) is 52.7 Å². The summed E-state index contributed by atoms with van der Waals surface area (Å²) in [4.78, 5) is 30.0. The molecule has 2 amide bonds. The Kier molecular flexibility index (Phi) is 7.63. The van der Waals surface area contributed by atoms with E-state index in [4.69, 9.17) is 0 Å². The Labute approximate surface area is 196 Å². The first-order chi connectivity index (χ1) is 16.0. The number of benzene rings is 2. The molecule has 1 saturated carbocycles. The van der Waals surface area contributed by atoms with Crippen molar-refractivity contribution in [1.82, 2.24) is 10.2 Å². The Bertz CT molecular complexity index is 918. The lowest BCUT2D eigenvalue weighted by atomic mass is 9.78. The molecule has 2 aliphatic rings. The Balaban J connectivity index is 1.26. The highest BCUT2D eigenvalue weighted by Gasteiger charge is 2.39. The molecule has 5 nitrogen and oxygen atoms in total. The second kappa shape index (κ2) is 10.8. The highest BCUT2D eigenvalue weighted by Crippen LogP contribution is 2.44. The van der Waals surface area contributed by atoms with Crippen LogP contribution in [0, 0.1) is 11.2 Å². The lowest BCUT2D eigenvalue weighted by Gasteiger charge is -2.38. The highest BCUT2D eigenvalue weighted by atomic mass is 19.1. The lowest BCUT2D eigenvalue weighted by molar-refractivity contribution is -0.135. The molecule has 2 aromatic carbocycles. The van der Waals surface area contributed by atoms with Crippen LogP contribution in [0.1, 0.15) is 44.1 Å². The molecule has 0 spiro atoms. The lowest BCUT2D eigenvalue weighted by Crippen LogP contribution is -2.49. The Morgan fingerprint density at radius 3 is 2.21 bits per heavy atom. The van der Waals surface area contributed by atoms with Gasteiger partial charge < -0.3 is 15.1 Å². The Morgan fingerprint density at radius 1 is 0.879 bits per heavy atom. The van der Waals surface area contributed by atoms with Gasteiger partial charge >= 0.3 is 0 Å². The van der Waals surface area contributed by atoms with Crippen molar-refractivity contribution in [3.05, 3.63) is 66.0 Å². The number of amides is 2. The molecule has 0 bridgehead atoms. The van der Waals surface area contributed by atoms with Crippen molar-refractivity contribution in [2.75, 3.05) is 37.6 Å². The molecule has 0 unspecified atom stereocenters. The molecule has 6 heteroatoms. The SMILES string of the molecule is O=C(CC1(CC(=O)N2CCN(c3ccc(F)cc3)CC2)CCCC1)NCCc1ccccc1. The molecule has 176 valence electrons. The monoisotopic (exact) mass is 451 g/mol. The van der Waals surface area contributed by atoms with Gasteiger partial charge in [-0.05, 0) is 54.5 Å². The van der Waals surface area contributed by atoms with E-state index < -0.39 is 0 Å². The molecule has 1 heterocycles. The van der Waals surface area contributed by atoms with Crippen molar-refractivity contribution in [2.45, 2.75) is 44.9 Å². The summed E-state index contributed by atoms with van der Waals surface area (Å²) in [5.74, 6) is -0.0203. The molecule has 4 rings (SSSR count). The van der Waals surface area contributed by atoms with E-state index in [1.165, 1.54) is 17.7 Å². The predicted molar refractivity (Wildman–Crippen MR) is 128 cm³/mol. The fraction of sp³-hybridized carbons (Fsp3) is 0.481. The minimum absolute atomic E-state index is 0.0572. The first-order valence-electron chi connectivity index (χ1n) is 12.1. The maximum atomic E-state index is 13.2. The third kappa shape index (κ3) is 6.34. The normalized spacial score (nSPS) is 17.7. The van der Waals surface area contributed by atoms with E-state index in [-0.39, 0.29) is 23.0 Å². The van der Waals surface area contributed by atoms with Crippen molar-refractivity contribution in [2.24, 2.45) is 5.41 Å². The van der Waals surface area contributed by atoms with Crippen LogP contribution in [0.5, 0.6) is 0 Å². The largest absolute Gasteiger partial charge is 0.368 e. The van der Waals surface area contributed by atoms with E-state index in [2.05, 4.69) is 22.3 Å². The maximum Gasteiger partial charge on any atom is 0.223 e. The van der Waals surface area contributed by atoms with Crippen molar-refractivity contribution in [1.29, 1.82) is 0 Å². The maximum absolute atomic E-state index is 13.2. The van der Waals surface area contributed by atoms with Gasteiger partial charge in [0.1, 0.15) is 5.82 Å². The molecule has 1 aliphatic carbocycles. The van der Waals surface area contributed by atoms with E-state index >= 15 is 0 Å². The summed E-state index contributed by atoms with van der Waals surface area (Å²) in [7, 11) is 0. The van der Waals surface area contributed by atoms with E-state index in [1.807, 2.05) is 23.1 Å². The number of piperazine rings is 1. The third-order valence-corrected chi connectivity index (χ3v) is 7.13. The zero-order valence-electron chi connectivity index (χ0n) is 19.3. The molecule has 0 atom stereocenters. The third-order valence-electron chi connectivity index (χ3n) is 7.13. The van der Waals surface area contributed by atoms with Crippen LogP contribution >= 0.6 is 0 Å². The minimum Gasteiger partial charge on any atom is -0.368 e. The molecule has 0 radical (unpaired) electrons. The summed E-state index contributed by atoms with van der Waals surface area (Å²) in [5, 5.41) is 3.07. The number of hydrogen-bond acceptors (Lipinski definition) is 3. The van der Waals surface area contributed by atoms with Gasteiger partial charge in [-0.25, -0.2) is 4.39 Å². The molecule has 2 aromatic rings. The Morgan fingerprint density at radius 2 is 1.55 bits per heavy atom. The highest BCUT2D eigenvalue weighted by molar-refractivity contribution is 5.80. The summed E-state index contributed by atoms with van der Waals surface area (Å²) in [5.41, 5.74) is 1.99. The number of hydrogen-bond donors (Lipinski definition) is 1. The van der Waals surface area contributed by atoms with Crippen LogP contribution in [0.2, 0.25) is 0 Å². The molecular formula is C27H34FN3O2. The van der Waals surface area contributed by atoms with Gasteiger partial charge in [0, 0.05) is 51.3 Å². The molecular weight excluding hydrogens is 417 g/mol. The number of nitrogens with zero attached hydrogens (tertiary/aromatic N) is 2. The summed E-state index contributed by atoms with van der Waals surface area (Å²) < 4.78 is 13.2. The number of rotatable bonds is 8. The molecule has 1 N–H and O–H groups in total. The van der Waals surface area contributed by atoms with E-state index in [0.29, 0.717) is 32.5 Å². The van der Waals surface area contributed by atoms with Gasteiger partial charge in [0.15, 0.2) is 0 Å². The number of carbonyl (C=O) groups excluding carboxylic acids is 2. The minimum atomic E-state index is -0.237. The van der Waals surface area contributed by atoms with Crippen LogP contribution in [-0.2, 0) is 16.0 Å². The van der Waals surface area contributed by atoms with Crippen molar-refractivity contribution < 1.29 is 14.0 Å². The summed E-state index contributed by atoms with van der Waals surface area (Å²) >= 11 is 0. The fourth-order valence-electron chi connectivity index (χ4n) is 5.23. The standard InChI is InChI=1S/C27H34FN3O2/c28-23-8-10-24(11-9-23)30-16-18-31(19-17-30)26(33)21-27(13-4-5-14-27)20-25(32)29-15-12-22-6-2-1-3-7-22/h1-3,6-11H,4-5,12-21H2,(H,29,32). The quantitative estimate of drug-likeness (QED) is 0.655. The van der Waals surface area contributed by atoms with Gasteiger partial charge in [-0.15, -0.1) is 0 Å². The molecule has 1 aliphatic heterocycles. The first kappa shape index (κ1) is 23.3. The average molecular weight is 452 g/mol. The summed E-state index contributed by atoms with van der Waals surface area (Å²) in [6.07, 6.45) is 5.77. The number of carbonyl (C=O) groups is 2. The number of anilines is 1. The Hall–Kier alpha value is -2.89. The number of halogens is 1. The molecule has 33 heavy (non-hydrogen) atoms. The van der Waals surface area contributed by atoms with Gasteiger partial charge in [-0.3, -0.25) is 9.59 Å². The van der Waals surface area contributed by atoms with Crippen LogP contribution in [0.4, 0.5) is 10.1 Å². The molecule has 1 saturated heterocycles. The van der Waals surface area contributed by atoms with Crippen LogP contribution in [0.3, 0.4) is 0 Å². The van der Waals surface area contributed by atoms with Gasteiger partial charge in [-0.2, -0.15) is 0 Å². The average Bonchev–Trinajstić information content (AvgIpc) is 3.28. The zero-order valence-corrected chi connectivity index (χ0v) is 19.3. The predicted octanol–water partition coefficient (Wildman–Crippen LogP) is 4.17. The molecule has 2 fully saturated rings. The first-order valence-corrected chi connectivity index (χ1v) is 12.1. The smallest absolute Gasteiger partial charge is 0.223 e. The van der Waals surface area contributed by atoms with Crippen molar-refractivity contribution in [3.8, 4) is 0 Å². The van der Waals surface area contributed by atoms with Crippen LogP contribution in [-0.4, -0.2) is 49.4 Å². The van der Waals surface area contributed by atoms with Crippen molar-refractivity contribution in [3.63, 3.8) is 0 Å². The van der Waals surface area contributed by atoms with Gasteiger partial charge in [-0.1, -0.05) is 43.2 Å². The van der Waals surface area contributed by atoms with Crippen LogP contribution in [0.15, 0.2) is 54.6 Å². The summed E-state index contributed by atoms with van der Waals surface area (Å²) in [6, 6.07) is 16.7.